The molecule has 1 aromatic heterocycles. The summed E-state index contributed by atoms with van der Waals surface area (Å²) in [7, 11) is 2.97. The van der Waals surface area contributed by atoms with Gasteiger partial charge in [0.15, 0.2) is 17.6 Å². The van der Waals surface area contributed by atoms with E-state index < -0.39 is 24.0 Å². The van der Waals surface area contributed by atoms with Gasteiger partial charge in [0.2, 0.25) is 0 Å². The molecule has 174 valence electrons. The van der Waals surface area contributed by atoms with Crippen molar-refractivity contribution in [1.29, 1.82) is 0 Å². The summed E-state index contributed by atoms with van der Waals surface area (Å²) in [5, 5.41) is 4.96. The summed E-state index contributed by atoms with van der Waals surface area (Å²) in [6.45, 7) is 5.09. The van der Waals surface area contributed by atoms with Crippen LogP contribution in [0.4, 0.5) is 4.79 Å². The van der Waals surface area contributed by atoms with Crippen LogP contribution in [0.5, 0.6) is 11.5 Å². The molecule has 11 heteroatoms. The van der Waals surface area contributed by atoms with E-state index in [1.54, 1.807) is 26.0 Å². The van der Waals surface area contributed by atoms with Gasteiger partial charge in [-0.25, -0.2) is 9.78 Å². The van der Waals surface area contributed by atoms with Crippen LogP contribution in [0.2, 0.25) is 0 Å². The summed E-state index contributed by atoms with van der Waals surface area (Å²) in [6.07, 6.45) is 0.534. The van der Waals surface area contributed by atoms with Crippen molar-refractivity contribution in [2.45, 2.75) is 52.3 Å². The lowest BCUT2D eigenvalue weighted by Crippen LogP contribution is -2.46. The van der Waals surface area contributed by atoms with Crippen molar-refractivity contribution in [3.63, 3.8) is 0 Å². The molecule has 2 aromatic rings. The first kappa shape index (κ1) is 24.6. The molecule has 0 aliphatic rings. The van der Waals surface area contributed by atoms with Gasteiger partial charge in [-0.05, 0) is 33.3 Å². The first-order chi connectivity index (χ1) is 15.2. The number of benzene rings is 1. The van der Waals surface area contributed by atoms with Crippen LogP contribution in [-0.2, 0) is 20.9 Å². The summed E-state index contributed by atoms with van der Waals surface area (Å²) in [5.41, 5.74) is 0.179. The van der Waals surface area contributed by atoms with Crippen molar-refractivity contribution in [3.05, 3.63) is 28.8 Å². The van der Waals surface area contributed by atoms with E-state index in [4.69, 9.17) is 14.2 Å². The van der Waals surface area contributed by atoms with Crippen LogP contribution >= 0.6 is 0 Å². The number of carbonyl (C=O) groups is 3. The smallest absolute Gasteiger partial charge is 0.321 e. The number of imide groups is 1. The predicted octanol–water partition coefficient (Wildman–Crippen LogP) is 1.36. The third-order valence-corrected chi connectivity index (χ3v) is 4.44. The van der Waals surface area contributed by atoms with E-state index >= 15 is 0 Å². The van der Waals surface area contributed by atoms with Crippen LogP contribution < -0.4 is 25.7 Å². The Morgan fingerprint density at radius 2 is 1.75 bits per heavy atom. The average molecular weight is 448 g/mol. The van der Waals surface area contributed by atoms with E-state index in [1.165, 1.54) is 32.0 Å². The highest BCUT2D eigenvalue weighted by Crippen LogP contribution is 2.29. The van der Waals surface area contributed by atoms with Crippen molar-refractivity contribution in [1.82, 2.24) is 20.2 Å². The van der Waals surface area contributed by atoms with E-state index in [0.717, 1.165) is 0 Å². The van der Waals surface area contributed by atoms with Gasteiger partial charge >= 0.3 is 12.0 Å². The number of nitrogens with zero attached hydrogens (tertiary/aromatic N) is 2. The largest absolute Gasteiger partial charge is 0.493 e. The molecule has 2 N–H and O–H groups in total. The second-order valence-corrected chi connectivity index (χ2v) is 7.32. The maximum atomic E-state index is 12.7. The Morgan fingerprint density at radius 3 is 2.38 bits per heavy atom. The minimum absolute atomic E-state index is 0.0216. The molecule has 1 aromatic carbocycles. The molecule has 0 saturated heterocycles. The normalized spacial score (nSPS) is 11.7. The zero-order valence-electron chi connectivity index (χ0n) is 18.8. The number of rotatable bonds is 9. The van der Waals surface area contributed by atoms with Gasteiger partial charge in [0.25, 0.3) is 11.5 Å². The Kier molecular flexibility index (Phi) is 8.56. The number of aromatic nitrogens is 2. The van der Waals surface area contributed by atoms with Gasteiger partial charge in [-0.1, -0.05) is 0 Å². The first-order valence-corrected chi connectivity index (χ1v) is 10.1. The number of amides is 3. The number of hydrogen-bond acceptors (Lipinski definition) is 8. The highest BCUT2D eigenvalue weighted by atomic mass is 16.5. The van der Waals surface area contributed by atoms with Crippen LogP contribution in [0.1, 0.15) is 33.6 Å². The molecular weight excluding hydrogens is 420 g/mol. The van der Waals surface area contributed by atoms with Gasteiger partial charge in [-0.15, -0.1) is 0 Å². The van der Waals surface area contributed by atoms with E-state index in [1.807, 2.05) is 0 Å². The SMILES string of the molecule is COc1cc2ncn(CCCC(=O)OC(C)C(=O)NC(=O)NC(C)C)c(=O)c2cc1OC. The standard InChI is InChI=1S/C21H28N4O7/c1-12(2)23-21(29)24-19(27)13(3)32-18(26)7-6-8-25-11-22-15-10-17(31-5)16(30-4)9-14(15)20(25)28/h9-13H,6-8H2,1-5H3,(H2,23,24,27,29). The number of esters is 1. The Hall–Kier alpha value is -3.63. The number of ether oxygens (including phenoxy) is 3. The van der Waals surface area contributed by atoms with Gasteiger partial charge in [-0.2, -0.15) is 0 Å². The second-order valence-electron chi connectivity index (χ2n) is 7.32. The van der Waals surface area contributed by atoms with Gasteiger partial charge in [0.1, 0.15) is 0 Å². The number of aryl methyl sites for hydroxylation is 1. The summed E-state index contributed by atoms with van der Waals surface area (Å²) < 4.78 is 16.9. The zero-order chi connectivity index (χ0) is 23.8. The third-order valence-electron chi connectivity index (χ3n) is 4.44. The van der Waals surface area contributed by atoms with Crippen LogP contribution in [0.3, 0.4) is 0 Å². The fraction of sp³-hybridized carbons (Fsp3) is 0.476. The fourth-order valence-corrected chi connectivity index (χ4v) is 2.86. The average Bonchev–Trinajstić information content (AvgIpc) is 2.73. The van der Waals surface area contributed by atoms with Crippen molar-refractivity contribution in [2.24, 2.45) is 0 Å². The molecule has 1 atom stereocenters. The molecule has 32 heavy (non-hydrogen) atoms. The summed E-state index contributed by atoms with van der Waals surface area (Å²) in [4.78, 5) is 52.5. The summed E-state index contributed by atoms with van der Waals surface area (Å²) in [6, 6.07) is 2.37. The first-order valence-electron chi connectivity index (χ1n) is 10.1. The van der Waals surface area contributed by atoms with Crippen molar-refractivity contribution < 1.29 is 28.6 Å². The highest BCUT2D eigenvalue weighted by molar-refractivity contribution is 5.97. The number of methoxy groups -OCH3 is 2. The lowest BCUT2D eigenvalue weighted by atomic mass is 10.2. The van der Waals surface area contributed by atoms with Gasteiger partial charge in [0.05, 0.1) is 31.4 Å². The van der Waals surface area contributed by atoms with Gasteiger partial charge in [0, 0.05) is 25.1 Å². The molecule has 1 unspecified atom stereocenters. The Bertz CT molecular complexity index is 1050. The topological polar surface area (TPSA) is 138 Å². The quantitative estimate of drug-likeness (QED) is 0.549. The van der Waals surface area contributed by atoms with Crippen LogP contribution in [0, 0.1) is 0 Å². The highest BCUT2D eigenvalue weighted by Gasteiger charge is 2.20. The zero-order valence-corrected chi connectivity index (χ0v) is 18.8. The van der Waals surface area contributed by atoms with Crippen molar-refractivity contribution in [2.75, 3.05) is 14.2 Å². The fourth-order valence-electron chi connectivity index (χ4n) is 2.86. The van der Waals surface area contributed by atoms with E-state index in [-0.39, 0.29) is 24.6 Å². The second kappa shape index (κ2) is 11.1. The minimum atomic E-state index is -1.13. The van der Waals surface area contributed by atoms with Crippen molar-refractivity contribution >= 4 is 28.8 Å². The molecule has 0 fully saturated rings. The number of fused-ring (bicyclic) bond motifs is 1. The Morgan fingerprint density at radius 1 is 1.09 bits per heavy atom. The minimum Gasteiger partial charge on any atom is -0.493 e. The van der Waals surface area contributed by atoms with Gasteiger partial charge < -0.3 is 19.5 Å². The Labute approximate surface area is 185 Å². The Balaban J connectivity index is 1.93. The molecule has 0 bridgehead atoms. The summed E-state index contributed by atoms with van der Waals surface area (Å²) in [5.74, 6) is -0.470. The lowest BCUT2D eigenvalue weighted by Gasteiger charge is -2.14. The number of carbonyl (C=O) groups excluding carboxylic acids is 3. The summed E-state index contributed by atoms with van der Waals surface area (Å²) >= 11 is 0. The van der Waals surface area contributed by atoms with Crippen LogP contribution in [0.25, 0.3) is 10.9 Å². The van der Waals surface area contributed by atoms with E-state index in [0.29, 0.717) is 28.8 Å². The molecule has 0 spiro atoms. The van der Waals surface area contributed by atoms with Gasteiger partial charge in [-0.3, -0.25) is 24.3 Å². The number of hydrogen-bond donors (Lipinski definition) is 2. The molecular formula is C21H28N4O7. The van der Waals surface area contributed by atoms with Crippen LogP contribution in [0.15, 0.2) is 23.3 Å². The molecule has 0 saturated carbocycles. The van der Waals surface area contributed by atoms with Crippen molar-refractivity contribution in [3.8, 4) is 11.5 Å². The third kappa shape index (κ3) is 6.43. The van der Waals surface area contributed by atoms with Crippen LogP contribution in [-0.4, -0.2) is 53.8 Å². The lowest BCUT2D eigenvalue weighted by molar-refractivity contribution is -0.154. The molecule has 0 aliphatic carbocycles. The molecule has 0 aliphatic heterocycles. The molecule has 3 amide bonds. The van der Waals surface area contributed by atoms with E-state index in [2.05, 4.69) is 15.6 Å². The molecule has 2 rings (SSSR count). The number of urea groups is 1. The monoisotopic (exact) mass is 448 g/mol. The number of nitrogens with one attached hydrogen (secondary N) is 2. The molecule has 11 nitrogen and oxygen atoms in total. The van der Waals surface area contributed by atoms with E-state index in [9.17, 15) is 19.2 Å². The predicted molar refractivity (Wildman–Crippen MR) is 116 cm³/mol. The molecule has 0 radical (unpaired) electrons. The maximum absolute atomic E-state index is 12.7. The maximum Gasteiger partial charge on any atom is 0.321 e. The molecule has 1 heterocycles.